The van der Waals surface area contributed by atoms with E-state index in [1.54, 1.807) is 0 Å². The summed E-state index contributed by atoms with van der Waals surface area (Å²) in [7, 11) is 0. The molecule has 2 aromatic heterocycles. The number of halogens is 4. The minimum atomic E-state index is -4.59. The zero-order valence-electron chi connectivity index (χ0n) is 10.1. The van der Waals surface area contributed by atoms with Gasteiger partial charge in [0.15, 0.2) is 5.75 Å². The van der Waals surface area contributed by atoms with Crippen LogP contribution in [0.25, 0.3) is 0 Å². The molecule has 9 heteroatoms. The van der Waals surface area contributed by atoms with Crippen molar-refractivity contribution in [2.24, 2.45) is 0 Å². The average molecular weight is 319 g/mol. The molecule has 0 aliphatic heterocycles. The number of hydrogen-bond acceptors (Lipinski definition) is 4. The minimum absolute atomic E-state index is 0.181. The van der Waals surface area contributed by atoms with Crippen molar-refractivity contribution in [1.82, 2.24) is 9.97 Å². The Labute approximate surface area is 121 Å². The number of hydrogen-bond donors (Lipinski definition) is 1. The van der Waals surface area contributed by atoms with Crippen LogP contribution in [-0.2, 0) is 6.18 Å². The molecule has 0 atom stereocenters. The fourth-order valence-corrected chi connectivity index (χ4v) is 1.60. The summed E-state index contributed by atoms with van der Waals surface area (Å²) in [5, 5.41) is 8.56. The minimum Gasteiger partial charge on any atom is -0.478 e. The Bertz CT molecular complexity index is 692. The SMILES string of the molecule is O=C(O)c1ccncc1Oc1ncc(C(F)(F)F)cc1Cl. The van der Waals surface area contributed by atoms with E-state index in [2.05, 4.69) is 9.97 Å². The second-order valence-corrected chi connectivity index (χ2v) is 4.19. The van der Waals surface area contributed by atoms with Gasteiger partial charge in [0.25, 0.3) is 0 Å². The van der Waals surface area contributed by atoms with Gasteiger partial charge in [0.05, 0.1) is 11.8 Å². The van der Waals surface area contributed by atoms with E-state index in [-0.39, 0.29) is 17.2 Å². The summed E-state index contributed by atoms with van der Waals surface area (Å²) < 4.78 is 42.5. The maximum Gasteiger partial charge on any atom is 0.417 e. The van der Waals surface area contributed by atoms with Gasteiger partial charge in [-0.05, 0) is 12.1 Å². The maximum atomic E-state index is 12.5. The van der Waals surface area contributed by atoms with Crippen LogP contribution in [0.15, 0.2) is 30.7 Å². The van der Waals surface area contributed by atoms with E-state index in [4.69, 9.17) is 21.4 Å². The summed E-state index contributed by atoms with van der Waals surface area (Å²) in [5.74, 6) is -1.81. The van der Waals surface area contributed by atoms with Gasteiger partial charge in [-0.2, -0.15) is 13.2 Å². The van der Waals surface area contributed by atoms with Crippen LogP contribution >= 0.6 is 11.6 Å². The number of pyridine rings is 2. The summed E-state index contributed by atoms with van der Waals surface area (Å²) in [5.41, 5.74) is -1.26. The maximum absolute atomic E-state index is 12.5. The number of carbonyl (C=O) groups is 1. The Morgan fingerprint density at radius 2 is 2.05 bits per heavy atom. The Morgan fingerprint density at radius 3 is 2.62 bits per heavy atom. The van der Waals surface area contributed by atoms with Gasteiger partial charge in [-0.25, -0.2) is 9.78 Å². The van der Waals surface area contributed by atoms with Crippen LogP contribution in [0.4, 0.5) is 13.2 Å². The van der Waals surface area contributed by atoms with Gasteiger partial charge in [-0.1, -0.05) is 11.6 Å². The monoisotopic (exact) mass is 318 g/mol. The van der Waals surface area contributed by atoms with E-state index >= 15 is 0 Å². The molecule has 0 aliphatic rings. The van der Waals surface area contributed by atoms with Crippen LogP contribution in [0.1, 0.15) is 15.9 Å². The number of rotatable bonds is 3. The number of carboxylic acids is 1. The highest BCUT2D eigenvalue weighted by atomic mass is 35.5. The van der Waals surface area contributed by atoms with Crippen LogP contribution in [0.3, 0.4) is 0 Å². The first kappa shape index (κ1) is 15.0. The third kappa shape index (κ3) is 3.40. The molecule has 0 saturated carbocycles. The fourth-order valence-electron chi connectivity index (χ4n) is 1.40. The summed E-state index contributed by atoms with van der Waals surface area (Å²) in [4.78, 5) is 18.1. The topological polar surface area (TPSA) is 72.3 Å². The number of aromatic nitrogens is 2. The molecule has 0 fully saturated rings. The molecule has 2 aromatic rings. The highest BCUT2D eigenvalue weighted by molar-refractivity contribution is 6.31. The zero-order valence-corrected chi connectivity index (χ0v) is 10.8. The lowest BCUT2D eigenvalue weighted by Gasteiger charge is -2.10. The van der Waals surface area contributed by atoms with Crippen molar-refractivity contribution in [3.8, 4) is 11.6 Å². The number of nitrogens with zero attached hydrogens (tertiary/aromatic N) is 2. The number of aromatic carboxylic acids is 1. The fraction of sp³-hybridized carbons (Fsp3) is 0.0833. The van der Waals surface area contributed by atoms with Crippen molar-refractivity contribution < 1.29 is 27.8 Å². The molecule has 0 bridgehead atoms. The summed E-state index contributed by atoms with van der Waals surface area (Å²) in [6.07, 6.45) is -1.72. The van der Waals surface area contributed by atoms with E-state index in [0.717, 1.165) is 6.20 Å². The molecular weight excluding hydrogens is 313 g/mol. The standard InChI is InChI=1S/C12H6ClF3N2O3/c13-8-3-6(12(14,15)16)4-18-10(8)21-9-5-17-2-1-7(9)11(19)20/h1-5H,(H,19,20). The van der Waals surface area contributed by atoms with Gasteiger partial charge in [-0.3, -0.25) is 4.98 Å². The molecule has 2 heterocycles. The number of alkyl halides is 3. The molecule has 0 aromatic carbocycles. The van der Waals surface area contributed by atoms with Crippen LogP contribution in [0.5, 0.6) is 11.6 Å². The second kappa shape index (κ2) is 5.57. The first-order valence-corrected chi connectivity index (χ1v) is 5.74. The van der Waals surface area contributed by atoms with Crippen molar-refractivity contribution >= 4 is 17.6 Å². The molecule has 0 saturated heterocycles. The van der Waals surface area contributed by atoms with E-state index in [0.29, 0.717) is 12.3 Å². The van der Waals surface area contributed by atoms with Gasteiger partial charge in [0.1, 0.15) is 10.6 Å². The second-order valence-electron chi connectivity index (χ2n) is 3.79. The van der Waals surface area contributed by atoms with Gasteiger partial charge in [0.2, 0.25) is 5.88 Å². The molecule has 0 amide bonds. The number of ether oxygens (including phenoxy) is 1. The lowest BCUT2D eigenvalue weighted by molar-refractivity contribution is -0.137. The van der Waals surface area contributed by atoms with Crippen molar-refractivity contribution in [3.63, 3.8) is 0 Å². The third-order valence-electron chi connectivity index (χ3n) is 2.36. The molecule has 0 aliphatic carbocycles. The van der Waals surface area contributed by atoms with Crippen molar-refractivity contribution in [3.05, 3.63) is 46.9 Å². The summed E-state index contributed by atoms with van der Waals surface area (Å²) in [6.45, 7) is 0. The van der Waals surface area contributed by atoms with E-state index in [9.17, 15) is 18.0 Å². The largest absolute Gasteiger partial charge is 0.478 e. The Morgan fingerprint density at radius 1 is 1.33 bits per heavy atom. The predicted molar refractivity (Wildman–Crippen MR) is 65.5 cm³/mol. The van der Waals surface area contributed by atoms with Crippen molar-refractivity contribution in [2.75, 3.05) is 0 Å². The quantitative estimate of drug-likeness (QED) is 0.935. The molecule has 0 spiro atoms. The molecule has 21 heavy (non-hydrogen) atoms. The Hall–Kier alpha value is -2.35. The Balaban J connectivity index is 2.35. The zero-order chi connectivity index (χ0) is 15.6. The molecule has 0 unspecified atom stereocenters. The van der Waals surface area contributed by atoms with E-state index in [1.807, 2.05) is 0 Å². The van der Waals surface area contributed by atoms with Crippen molar-refractivity contribution in [2.45, 2.75) is 6.18 Å². The van der Waals surface area contributed by atoms with Crippen LogP contribution in [0.2, 0.25) is 5.02 Å². The molecule has 5 nitrogen and oxygen atoms in total. The summed E-state index contributed by atoms with van der Waals surface area (Å²) in [6, 6.07) is 1.82. The number of carboxylic acid groups (broad SMARTS) is 1. The molecule has 2 rings (SSSR count). The van der Waals surface area contributed by atoms with Crippen LogP contribution < -0.4 is 4.74 Å². The average Bonchev–Trinajstić information content (AvgIpc) is 2.40. The molecule has 0 radical (unpaired) electrons. The van der Waals surface area contributed by atoms with Gasteiger partial charge in [-0.15, -0.1) is 0 Å². The third-order valence-corrected chi connectivity index (χ3v) is 2.63. The lowest BCUT2D eigenvalue weighted by Crippen LogP contribution is -2.06. The Kier molecular flexibility index (Phi) is 3.99. The lowest BCUT2D eigenvalue weighted by atomic mass is 10.2. The molecule has 110 valence electrons. The van der Waals surface area contributed by atoms with Crippen molar-refractivity contribution in [1.29, 1.82) is 0 Å². The molecule has 1 N–H and O–H groups in total. The highest BCUT2D eigenvalue weighted by Crippen LogP contribution is 2.35. The van der Waals surface area contributed by atoms with Gasteiger partial charge in [0, 0.05) is 12.4 Å². The van der Waals surface area contributed by atoms with E-state index < -0.39 is 22.7 Å². The summed E-state index contributed by atoms with van der Waals surface area (Å²) >= 11 is 5.66. The van der Waals surface area contributed by atoms with Crippen LogP contribution in [-0.4, -0.2) is 21.0 Å². The smallest absolute Gasteiger partial charge is 0.417 e. The van der Waals surface area contributed by atoms with Gasteiger partial charge < -0.3 is 9.84 Å². The first-order valence-electron chi connectivity index (χ1n) is 5.37. The van der Waals surface area contributed by atoms with Crippen LogP contribution in [0, 0.1) is 0 Å². The molecular formula is C12H6ClF3N2O3. The normalized spacial score (nSPS) is 11.2. The predicted octanol–water partition coefficient (Wildman–Crippen LogP) is 3.64. The van der Waals surface area contributed by atoms with Gasteiger partial charge >= 0.3 is 12.1 Å². The first-order chi connectivity index (χ1) is 9.79. The van der Waals surface area contributed by atoms with E-state index in [1.165, 1.54) is 12.3 Å². The highest BCUT2D eigenvalue weighted by Gasteiger charge is 2.32.